The summed E-state index contributed by atoms with van der Waals surface area (Å²) in [5.74, 6) is 0. The quantitative estimate of drug-likeness (QED) is 0.259. The second-order valence-corrected chi connectivity index (χ2v) is 7.71. The van der Waals surface area contributed by atoms with Crippen LogP contribution in [0.4, 0.5) is 18.3 Å². The molecule has 0 saturated heterocycles. The van der Waals surface area contributed by atoms with E-state index < -0.39 is 11.7 Å². The van der Waals surface area contributed by atoms with E-state index >= 15 is 0 Å². The summed E-state index contributed by atoms with van der Waals surface area (Å²) in [7, 11) is 0. The highest BCUT2D eigenvalue weighted by Gasteiger charge is 2.31. The third-order valence-electron chi connectivity index (χ3n) is 4.30. The lowest BCUT2D eigenvalue weighted by molar-refractivity contribution is -0.137. The number of benzene rings is 2. The van der Waals surface area contributed by atoms with Crippen LogP contribution in [0.15, 0.2) is 77.3 Å². The monoisotopic (exact) mass is 458 g/mol. The van der Waals surface area contributed by atoms with Gasteiger partial charge in [-0.2, -0.15) is 18.3 Å². The molecule has 0 aliphatic carbocycles. The molecule has 0 spiro atoms. The summed E-state index contributed by atoms with van der Waals surface area (Å²) in [6.07, 6.45) is -2.09. The molecule has 0 amide bonds. The lowest BCUT2D eigenvalue weighted by Crippen LogP contribution is -2.05. The molecular formula is C22H14ClF3N4S. The zero-order valence-electron chi connectivity index (χ0n) is 15.8. The van der Waals surface area contributed by atoms with Crippen molar-refractivity contribution in [3.63, 3.8) is 0 Å². The average molecular weight is 459 g/mol. The Bertz CT molecular complexity index is 1210. The number of thiazole rings is 1. The Balaban J connectivity index is 1.42. The summed E-state index contributed by atoms with van der Waals surface area (Å²) in [4.78, 5) is 8.36. The third kappa shape index (κ3) is 5.10. The molecule has 4 aromatic rings. The van der Waals surface area contributed by atoms with Crippen LogP contribution in [0.2, 0.25) is 5.02 Å². The number of alkyl halides is 3. The van der Waals surface area contributed by atoms with Crippen LogP contribution in [0.1, 0.15) is 11.1 Å². The predicted octanol–water partition coefficient (Wildman–Crippen LogP) is 6.99. The highest BCUT2D eigenvalue weighted by molar-refractivity contribution is 7.14. The summed E-state index contributed by atoms with van der Waals surface area (Å²) in [6.45, 7) is 0. The maximum atomic E-state index is 12.8. The molecule has 0 saturated carbocycles. The number of anilines is 1. The average Bonchev–Trinajstić information content (AvgIpc) is 3.23. The van der Waals surface area contributed by atoms with Crippen LogP contribution in [0.5, 0.6) is 0 Å². The molecule has 2 heterocycles. The molecule has 2 aromatic heterocycles. The van der Waals surface area contributed by atoms with Crippen molar-refractivity contribution in [3.05, 3.63) is 88.4 Å². The Labute approximate surface area is 185 Å². The Morgan fingerprint density at radius 2 is 1.74 bits per heavy atom. The van der Waals surface area contributed by atoms with Gasteiger partial charge in [-0.05, 0) is 11.6 Å². The van der Waals surface area contributed by atoms with E-state index in [0.29, 0.717) is 10.7 Å². The van der Waals surface area contributed by atoms with E-state index in [1.54, 1.807) is 30.5 Å². The zero-order chi connectivity index (χ0) is 21.8. The summed E-state index contributed by atoms with van der Waals surface area (Å²) in [6, 6.07) is 17.7. The number of pyridine rings is 1. The molecule has 0 fully saturated rings. The van der Waals surface area contributed by atoms with Gasteiger partial charge in [0, 0.05) is 22.7 Å². The van der Waals surface area contributed by atoms with Crippen molar-refractivity contribution in [2.75, 3.05) is 5.43 Å². The fourth-order valence-corrected chi connectivity index (χ4v) is 3.70. The fraction of sp³-hybridized carbons (Fsp3) is 0.0455. The number of nitrogens with one attached hydrogen (secondary N) is 1. The molecule has 0 bridgehead atoms. The van der Waals surface area contributed by atoms with Gasteiger partial charge >= 0.3 is 6.18 Å². The zero-order valence-corrected chi connectivity index (χ0v) is 17.3. The number of rotatable bonds is 5. The maximum absolute atomic E-state index is 12.8. The molecule has 0 atom stereocenters. The molecule has 31 heavy (non-hydrogen) atoms. The topological polar surface area (TPSA) is 50.2 Å². The second-order valence-electron chi connectivity index (χ2n) is 6.45. The first-order valence-corrected chi connectivity index (χ1v) is 10.3. The van der Waals surface area contributed by atoms with Crippen molar-refractivity contribution in [1.82, 2.24) is 9.97 Å². The van der Waals surface area contributed by atoms with Gasteiger partial charge in [0.2, 0.25) is 5.13 Å². The summed E-state index contributed by atoms with van der Waals surface area (Å²) < 4.78 is 38.3. The van der Waals surface area contributed by atoms with Crippen LogP contribution in [0.3, 0.4) is 0 Å². The first kappa shape index (κ1) is 21.0. The van der Waals surface area contributed by atoms with Gasteiger partial charge in [-0.3, -0.25) is 10.4 Å². The van der Waals surface area contributed by atoms with Crippen molar-refractivity contribution < 1.29 is 13.2 Å². The van der Waals surface area contributed by atoms with E-state index in [-0.39, 0.29) is 10.7 Å². The molecule has 2 aromatic carbocycles. The maximum Gasteiger partial charge on any atom is 0.417 e. The largest absolute Gasteiger partial charge is 0.417 e. The molecule has 1 N–H and O–H groups in total. The number of halogens is 4. The lowest BCUT2D eigenvalue weighted by atomic mass is 10.1. The molecule has 9 heteroatoms. The number of hydrogen-bond acceptors (Lipinski definition) is 5. The van der Waals surface area contributed by atoms with Gasteiger partial charge in [0.05, 0.1) is 28.2 Å². The minimum Gasteiger partial charge on any atom is -0.254 e. The van der Waals surface area contributed by atoms with Crippen molar-refractivity contribution in [3.8, 4) is 22.5 Å². The lowest BCUT2D eigenvalue weighted by Gasteiger charge is -2.09. The fourth-order valence-electron chi connectivity index (χ4n) is 2.76. The SMILES string of the molecule is FC(F)(F)c1cnc(-c2ccc(C=NNc3nc(-c4ccccc4)cs3)cc2)c(Cl)c1. The van der Waals surface area contributed by atoms with E-state index in [1.165, 1.54) is 11.3 Å². The molecule has 0 unspecified atom stereocenters. The van der Waals surface area contributed by atoms with Gasteiger partial charge in [-0.25, -0.2) is 4.98 Å². The van der Waals surface area contributed by atoms with E-state index in [0.717, 1.165) is 29.1 Å². The molecule has 156 valence electrons. The summed E-state index contributed by atoms with van der Waals surface area (Å²) in [5.41, 5.74) is 5.60. The second kappa shape index (κ2) is 8.87. The molecule has 0 aliphatic heterocycles. The Morgan fingerprint density at radius 1 is 1.00 bits per heavy atom. The van der Waals surface area contributed by atoms with Gasteiger partial charge < -0.3 is 0 Å². The van der Waals surface area contributed by atoms with Crippen molar-refractivity contribution >= 4 is 34.3 Å². The molecule has 4 rings (SSSR count). The van der Waals surface area contributed by atoms with Crippen LogP contribution >= 0.6 is 22.9 Å². The molecule has 0 radical (unpaired) electrons. The van der Waals surface area contributed by atoms with Gasteiger partial charge in [0.15, 0.2) is 0 Å². The van der Waals surface area contributed by atoms with Gasteiger partial charge in [-0.15, -0.1) is 11.3 Å². The normalized spacial score (nSPS) is 11.7. The number of aromatic nitrogens is 2. The summed E-state index contributed by atoms with van der Waals surface area (Å²) in [5, 5.41) is 6.73. The van der Waals surface area contributed by atoms with E-state index in [1.807, 2.05) is 35.7 Å². The highest BCUT2D eigenvalue weighted by atomic mass is 35.5. The smallest absolute Gasteiger partial charge is 0.254 e. The first-order chi connectivity index (χ1) is 14.9. The van der Waals surface area contributed by atoms with Crippen LogP contribution < -0.4 is 5.43 Å². The predicted molar refractivity (Wildman–Crippen MR) is 118 cm³/mol. The van der Waals surface area contributed by atoms with Crippen molar-refractivity contribution in [1.29, 1.82) is 0 Å². The minimum absolute atomic E-state index is 0.0594. The van der Waals surface area contributed by atoms with E-state index in [4.69, 9.17) is 11.6 Å². The Kier molecular flexibility index (Phi) is 6.01. The van der Waals surface area contributed by atoms with Crippen LogP contribution in [0.25, 0.3) is 22.5 Å². The van der Waals surface area contributed by atoms with Crippen LogP contribution in [0, 0.1) is 0 Å². The van der Waals surface area contributed by atoms with Crippen LogP contribution in [-0.4, -0.2) is 16.2 Å². The van der Waals surface area contributed by atoms with Crippen molar-refractivity contribution in [2.45, 2.75) is 6.18 Å². The number of hydrazone groups is 1. The summed E-state index contributed by atoms with van der Waals surface area (Å²) >= 11 is 7.45. The minimum atomic E-state index is -4.48. The number of hydrogen-bond donors (Lipinski definition) is 1. The van der Waals surface area contributed by atoms with Crippen molar-refractivity contribution in [2.24, 2.45) is 5.10 Å². The first-order valence-electron chi connectivity index (χ1n) is 9.03. The molecular weight excluding hydrogens is 445 g/mol. The van der Waals surface area contributed by atoms with Gasteiger partial charge in [0.25, 0.3) is 0 Å². The standard InChI is InChI=1S/C22H14ClF3N4S/c23-18-10-17(22(24,25)26)12-27-20(18)16-8-6-14(7-9-16)11-28-30-21-29-19(13-31-21)15-4-2-1-3-5-15/h1-13H,(H,29,30). The van der Waals surface area contributed by atoms with Gasteiger partial charge in [0.1, 0.15) is 0 Å². The van der Waals surface area contributed by atoms with Gasteiger partial charge in [-0.1, -0.05) is 66.2 Å². The Hall–Kier alpha value is -3.23. The highest BCUT2D eigenvalue weighted by Crippen LogP contribution is 2.34. The molecule has 4 nitrogen and oxygen atoms in total. The number of nitrogens with zero attached hydrogens (tertiary/aromatic N) is 3. The third-order valence-corrected chi connectivity index (χ3v) is 5.34. The van der Waals surface area contributed by atoms with E-state index in [9.17, 15) is 13.2 Å². The Morgan fingerprint density at radius 3 is 2.42 bits per heavy atom. The van der Waals surface area contributed by atoms with Crippen LogP contribution in [-0.2, 0) is 6.18 Å². The van der Waals surface area contributed by atoms with E-state index in [2.05, 4.69) is 20.5 Å². The molecule has 0 aliphatic rings.